The molecule has 0 aromatic carbocycles. The molecule has 0 N–H and O–H groups in total. The number of nitrogens with zero attached hydrogens (tertiary/aromatic N) is 1. The van der Waals surface area contributed by atoms with Gasteiger partial charge in [-0.05, 0) is 19.3 Å². The number of rotatable bonds is 14. The summed E-state index contributed by atoms with van der Waals surface area (Å²) in [5.41, 5.74) is -0.0724. The average molecular weight is 329 g/mol. The standard InChI is InChI=1S/C17H31NO5/c1-4-15(19)14-23-13-12-22-11-10-21-9-8-18(3)16(20)17(5-2)6-7-17/h4-14H2,1-3H3. The minimum atomic E-state index is -0.0724. The van der Waals surface area contributed by atoms with Gasteiger partial charge in [0.25, 0.3) is 0 Å². The molecule has 23 heavy (non-hydrogen) atoms. The normalized spacial score (nSPS) is 15.4. The quantitative estimate of drug-likeness (QED) is 0.454. The zero-order valence-electron chi connectivity index (χ0n) is 14.8. The Morgan fingerprint density at radius 3 is 2.04 bits per heavy atom. The molecule has 0 atom stereocenters. The van der Waals surface area contributed by atoms with Crippen LogP contribution in [0.3, 0.4) is 0 Å². The molecule has 0 aliphatic heterocycles. The van der Waals surface area contributed by atoms with E-state index in [4.69, 9.17) is 14.2 Å². The topological polar surface area (TPSA) is 65.1 Å². The number of carbonyl (C=O) groups is 2. The second-order valence-corrected chi connectivity index (χ2v) is 6.03. The van der Waals surface area contributed by atoms with Crippen LogP contribution in [0.25, 0.3) is 0 Å². The summed E-state index contributed by atoms with van der Waals surface area (Å²) >= 11 is 0. The second-order valence-electron chi connectivity index (χ2n) is 6.03. The zero-order chi connectivity index (χ0) is 17.1. The third-order valence-electron chi connectivity index (χ3n) is 4.30. The molecule has 0 aromatic heterocycles. The van der Waals surface area contributed by atoms with E-state index in [1.165, 1.54) is 0 Å². The third kappa shape index (κ3) is 7.42. The Bertz CT molecular complexity index is 368. The second kappa shape index (κ2) is 10.7. The Labute approximate surface area is 139 Å². The minimum Gasteiger partial charge on any atom is -0.377 e. The van der Waals surface area contributed by atoms with Crippen LogP contribution in [0.1, 0.15) is 39.5 Å². The van der Waals surface area contributed by atoms with Crippen molar-refractivity contribution in [2.75, 3.05) is 53.2 Å². The van der Waals surface area contributed by atoms with Gasteiger partial charge >= 0.3 is 0 Å². The molecule has 0 heterocycles. The van der Waals surface area contributed by atoms with E-state index in [9.17, 15) is 9.59 Å². The van der Waals surface area contributed by atoms with Gasteiger partial charge in [-0.3, -0.25) is 9.59 Å². The summed E-state index contributed by atoms with van der Waals surface area (Å²) in [7, 11) is 1.84. The van der Waals surface area contributed by atoms with Gasteiger partial charge in [0.1, 0.15) is 6.61 Å². The van der Waals surface area contributed by atoms with Gasteiger partial charge in [0.15, 0.2) is 5.78 Å². The number of hydrogen-bond acceptors (Lipinski definition) is 5. The van der Waals surface area contributed by atoms with Crippen molar-refractivity contribution < 1.29 is 23.8 Å². The maximum absolute atomic E-state index is 12.2. The van der Waals surface area contributed by atoms with Crippen LogP contribution in [0.15, 0.2) is 0 Å². The first kappa shape index (κ1) is 20.1. The van der Waals surface area contributed by atoms with Crippen molar-refractivity contribution in [3.63, 3.8) is 0 Å². The number of hydrogen-bond donors (Lipinski definition) is 0. The summed E-state index contributed by atoms with van der Waals surface area (Å²) in [5.74, 6) is 0.349. The molecule has 1 amide bonds. The van der Waals surface area contributed by atoms with Crippen LogP contribution in [0.5, 0.6) is 0 Å². The van der Waals surface area contributed by atoms with E-state index < -0.39 is 0 Å². The lowest BCUT2D eigenvalue weighted by Gasteiger charge is -2.22. The fourth-order valence-electron chi connectivity index (χ4n) is 2.31. The van der Waals surface area contributed by atoms with Crippen molar-refractivity contribution in [3.8, 4) is 0 Å². The van der Waals surface area contributed by atoms with E-state index in [0.29, 0.717) is 46.0 Å². The summed E-state index contributed by atoms with van der Waals surface area (Å²) in [4.78, 5) is 25.0. The molecule has 1 aliphatic rings. The predicted octanol–water partition coefficient (Wildman–Crippen LogP) is 1.66. The van der Waals surface area contributed by atoms with Crippen LogP contribution in [-0.4, -0.2) is 69.8 Å². The lowest BCUT2D eigenvalue weighted by molar-refractivity contribution is -0.136. The van der Waals surface area contributed by atoms with E-state index in [1.807, 2.05) is 14.0 Å². The van der Waals surface area contributed by atoms with E-state index in [2.05, 4.69) is 6.92 Å². The Hall–Kier alpha value is -0.980. The molecular formula is C17H31NO5. The largest absolute Gasteiger partial charge is 0.377 e. The highest BCUT2D eigenvalue weighted by Crippen LogP contribution is 2.49. The number of carbonyl (C=O) groups excluding carboxylic acids is 2. The van der Waals surface area contributed by atoms with Gasteiger partial charge in [-0.1, -0.05) is 13.8 Å². The summed E-state index contributed by atoms with van der Waals surface area (Å²) in [6.07, 6.45) is 3.47. The number of ketones is 1. The SMILES string of the molecule is CCC(=O)COCCOCCOCCN(C)C(=O)C1(CC)CC1. The predicted molar refractivity (Wildman–Crippen MR) is 87.4 cm³/mol. The molecule has 1 saturated carbocycles. The molecular weight excluding hydrogens is 298 g/mol. The highest BCUT2D eigenvalue weighted by molar-refractivity contribution is 5.85. The number of ether oxygens (including phenoxy) is 3. The molecule has 134 valence electrons. The molecule has 0 spiro atoms. The van der Waals surface area contributed by atoms with Crippen molar-refractivity contribution in [3.05, 3.63) is 0 Å². The maximum atomic E-state index is 12.2. The van der Waals surface area contributed by atoms with E-state index in [1.54, 1.807) is 4.90 Å². The molecule has 0 aromatic rings. The highest BCUT2D eigenvalue weighted by atomic mass is 16.5. The van der Waals surface area contributed by atoms with Crippen LogP contribution in [0.4, 0.5) is 0 Å². The van der Waals surface area contributed by atoms with Crippen molar-refractivity contribution in [1.82, 2.24) is 4.90 Å². The first-order chi connectivity index (χ1) is 11.1. The van der Waals surface area contributed by atoms with Crippen LogP contribution < -0.4 is 0 Å². The molecule has 1 rings (SSSR count). The van der Waals surface area contributed by atoms with E-state index >= 15 is 0 Å². The fraction of sp³-hybridized carbons (Fsp3) is 0.882. The Morgan fingerprint density at radius 1 is 0.957 bits per heavy atom. The molecule has 0 radical (unpaired) electrons. The molecule has 1 aliphatic carbocycles. The van der Waals surface area contributed by atoms with Gasteiger partial charge < -0.3 is 19.1 Å². The van der Waals surface area contributed by atoms with Crippen LogP contribution in [-0.2, 0) is 23.8 Å². The zero-order valence-corrected chi connectivity index (χ0v) is 14.8. The maximum Gasteiger partial charge on any atom is 0.228 e. The molecule has 1 fully saturated rings. The highest BCUT2D eigenvalue weighted by Gasteiger charge is 2.49. The average Bonchev–Trinajstić information content (AvgIpc) is 3.36. The monoisotopic (exact) mass is 329 g/mol. The van der Waals surface area contributed by atoms with Crippen molar-refractivity contribution in [1.29, 1.82) is 0 Å². The summed E-state index contributed by atoms with van der Waals surface area (Å²) in [6, 6.07) is 0. The molecule has 0 unspecified atom stereocenters. The summed E-state index contributed by atoms with van der Waals surface area (Å²) < 4.78 is 16.0. The van der Waals surface area contributed by atoms with Gasteiger partial charge in [-0.15, -0.1) is 0 Å². The lowest BCUT2D eigenvalue weighted by atomic mass is 10.0. The van der Waals surface area contributed by atoms with Gasteiger partial charge in [0, 0.05) is 25.4 Å². The number of Topliss-reactive ketones (excluding diaryl/α,β-unsaturated/α-hetero) is 1. The molecule has 6 heteroatoms. The van der Waals surface area contributed by atoms with Crippen LogP contribution >= 0.6 is 0 Å². The molecule has 0 bridgehead atoms. The van der Waals surface area contributed by atoms with E-state index in [0.717, 1.165) is 19.3 Å². The smallest absolute Gasteiger partial charge is 0.228 e. The number of amides is 1. The van der Waals surface area contributed by atoms with Gasteiger partial charge in [0.2, 0.25) is 5.91 Å². The first-order valence-corrected chi connectivity index (χ1v) is 8.56. The van der Waals surface area contributed by atoms with Crippen molar-refractivity contribution >= 4 is 11.7 Å². The Kier molecular flexibility index (Phi) is 9.36. The third-order valence-corrected chi connectivity index (χ3v) is 4.30. The van der Waals surface area contributed by atoms with Crippen molar-refractivity contribution in [2.24, 2.45) is 5.41 Å². The molecule has 0 saturated heterocycles. The van der Waals surface area contributed by atoms with Gasteiger partial charge in [0.05, 0.1) is 33.0 Å². The lowest BCUT2D eigenvalue weighted by Crippen LogP contribution is -2.36. The Morgan fingerprint density at radius 2 is 1.52 bits per heavy atom. The number of likely N-dealkylation sites (N-methyl/N-ethyl adjacent to an activating group) is 1. The van der Waals surface area contributed by atoms with Gasteiger partial charge in [-0.25, -0.2) is 0 Å². The van der Waals surface area contributed by atoms with Crippen LogP contribution in [0, 0.1) is 5.41 Å². The Balaban J connectivity index is 1.90. The van der Waals surface area contributed by atoms with Crippen LogP contribution in [0.2, 0.25) is 0 Å². The minimum absolute atomic E-state index is 0.0724. The summed E-state index contributed by atoms with van der Waals surface area (Å²) in [5, 5.41) is 0. The molecule has 6 nitrogen and oxygen atoms in total. The van der Waals surface area contributed by atoms with Gasteiger partial charge in [-0.2, -0.15) is 0 Å². The van der Waals surface area contributed by atoms with Crippen molar-refractivity contribution in [2.45, 2.75) is 39.5 Å². The first-order valence-electron chi connectivity index (χ1n) is 8.56. The fourth-order valence-corrected chi connectivity index (χ4v) is 2.31. The summed E-state index contributed by atoms with van der Waals surface area (Å²) in [6.45, 7) is 7.05. The van der Waals surface area contributed by atoms with E-state index in [-0.39, 0.29) is 23.7 Å².